The summed E-state index contributed by atoms with van der Waals surface area (Å²) in [5.74, 6) is 0.0772. The van der Waals surface area contributed by atoms with Gasteiger partial charge >= 0.3 is 0 Å². The first-order chi connectivity index (χ1) is 9.69. The fourth-order valence-corrected chi connectivity index (χ4v) is 2.63. The number of amides is 1. The van der Waals surface area contributed by atoms with Crippen LogP contribution < -0.4 is 5.32 Å². The van der Waals surface area contributed by atoms with Gasteiger partial charge in [0.1, 0.15) is 0 Å². The minimum absolute atomic E-state index is 0. The summed E-state index contributed by atoms with van der Waals surface area (Å²) >= 11 is 1.72. The van der Waals surface area contributed by atoms with Crippen molar-refractivity contribution in [2.24, 2.45) is 0 Å². The van der Waals surface area contributed by atoms with Crippen LogP contribution in [0.3, 0.4) is 0 Å². The number of halogens is 1. The first-order valence-corrected chi connectivity index (χ1v) is 8.15. The number of nitrogens with zero attached hydrogens (tertiary/aromatic N) is 1. The number of hydrogen-bond donors (Lipinski definition) is 1. The van der Waals surface area contributed by atoms with Crippen LogP contribution in [-0.2, 0) is 9.53 Å². The van der Waals surface area contributed by atoms with E-state index in [1.807, 2.05) is 6.92 Å². The van der Waals surface area contributed by atoms with Gasteiger partial charge in [-0.2, -0.15) is 0 Å². The summed E-state index contributed by atoms with van der Waals surface area (Å²) in [6, 6.07) is 8.37. The number of morpholine rings is 1. The third kappa shape index (κ3) is 5.87. The van der Waals surface area contributed by atoms with Gasteiger partial charge in [0.15, 0.2) is 0 Å². The van der Waals surface area contributed by atoms with E-state index in [0.717, 1.165) is 31.9 Å². The number of ether oxygens (including phenoxy) is 1. The molecular weight excluding hydrogens is 308 g/mol. The zero-order chi connectivity index (χ0) is 14.4. The van der Waals surface area contributed by atoms with Gasteiger partial charge in [-0.15, -0.1) is 24.2 Å². The van der Waals surface area contributed by atoms with Gasteiger partial charge in [-0.25, -0.2) is 0 Å². The molecule has 1 saturated heterocycles. The average molecular weight is 331 g/mol. The van der Waals surface area contributed by atoms with Gasteiger partial charge in [0.25, 0.3) is 0 Å². The van der Waals surface area contributed by atoms with Gasteiger partial charge in [0.2, 0.25) is 5.91 Å². The summed E-state index contributed by atoms with van der Waals surface area (Å²) in [5.41, 5.74) is 1.14. The molecule has 1 aliphatic heterocycles. The lowest BCUT2D eigenvalue weighted by Crippen LogP contribution is -2.43. The molecule has 0 bridgehead atoms. The van der Waals surface area contributed by atoms with Crippen LogP contribution in [0.15, 0.2) is 29.2 Å². The van der Waals surface area contributed by atoms with E-state index in [9.17, 15) is 4.79 Å². The molecule has 0 radical (unpaired) electrons. The van der Waals surface area contributed by atoms with E-state index >= 15 is 0 Å². The average Bonchev–Trinajstić information content (AvgIpc) is 2.48. The van der Waals surface area contributed by atoms with E-state index in [1.54, 1.807) is 11.8 Å². The van der Waals surface area contributed by atoms with Crippen LogP contribution >= 0.6 is 24.2 Å². The molecule has 1 amide bonds. The van der Waals surface area contributed by atoms with Crippen molar-refractivity contribution in [3.63, 3.8) is 0 Å². The standard InChI is InChI=1S/C15H22N2O2S.ClH/c1-12(13-3-5-14(20-2)6-4-13)16-15(18)11-17-7-9-19-10-8-17;/h3-6,12H,7-11H2,1-2H3,(H,16,18);1H. The summed E-state index contributed by atoms with van der Waals surface area (Å²) in [7, 11) is 0. The van der Waals surface area contributed by atoms with Gasteiger partial charge < -0.3 is 10.1 Å². The molecule has 1 heterocycles. The van der Waals surface area contributed by atoms with Crippen LogP contribution in [-0.4, -0.2) is 49.9 Å². The van der Waals surface area contributed by atoms with Crippen LogP contribution in [0.5, 0.6) is 0 Å². The molecule has 1 N–H and O–H groups in total. The molecule has 1 aromatic rings. The Hall–Kier alpha value is -0.750. The molecule has 2 rings (SSSR count). The van der Waals surface area contributed by atoms with Gasteiger partial charge in [-0.1, -0.05) is 12.1 Å². The number of nitrogens with one attached hydrogen (secondary N) is 1. The van der Waals surface area contributed by atoms with Gasteiger partial charge in [0, 0.05) is 18.0 Å². The zero-order valence-electron chi connectivity index (χ0n) is 12.5. The molecule has 1 fully saturated rings. The predicted molar refractivity (Wildman–Crippen MR) is 89.3 cm³/mol. The number of thioether (sulfide) groups is 1. The van der Waals surface area contributed by atoms with Crippen LogP contribution in [0.4, 0.5) is 0 Å². The highest BCUT2D eigenvalue weighted by molar-refractivity contribution is 7.98. The molecule has 0 saturated carbocycles. The van der Waals surface area contributed by atoms with E-state index in [1.165, 1.54) is 4.90 Å². The maximum atomic E-state index is 12.0. The molecule has 1 atom stereocenters. The Labute approximate surface area is 137 Å². The van der Waals surface area contributed by atoms with E-state index in [4.69, 9.17) is 4.74 Å². The molecule has 0 aliphatic carbocycles. The third-order valence-corrected chi connectivity index (χ3v) is 4.21. The minimum Gasteiger partial charge on any atom is -0.379 e. The fraction of sp³-hybridized carbons (Fsp3) is 0.533. The molecule has 0 aromatic heterocycles. The Morgan fingerprint density at radius 3 is 2.52 bits per heavy atom. The minimum atomic E-state index is 0. The normalized spacial score (nSPS) is 16.9. The second kappa shape index (κ2) is 9.30. The van der Waals surface area contributed by atoms with E-state index in [2.05, 4.69) is 40.7 Å². The molecule has 6 heteroatoms. The molecular formula is C15H23ClN2O2S. The largest absolute Gasteiger partial charge is 0.379 e. The number of hydrogen-bond acceptors (Lipinski definition) is 4. The maximum Gasteiger partial charge on any atom is 0.234 e. The Bertz CT molecular complexity index is 436. The summed E-state index contributed by atoms with van der Waals surface area (Å²) < 4.78 is 5.28. The summed E-state index contributed by atoms with van der Waals surface area (Å²) in [5, 5.41) is 3.05. The zero-order valence-corrected chi connectivity index (χ0v) is 14.1. The lowest BCUT2D eigenvalue weighted by Gasteiger charge is -2.26. The van der Waals surface area contributed by atoms with Crippen molar-refractivity contribution in [2.75, 3.05) is 39.1 Å². The lowest BCUT2D eigenvalue weighted by molar-refractivity contribution is -0.123. The Kier molecular flexibility index (Phi) is 8.11. The Morgan fingerprint density at radius 1 is 1.33 bits per heavy atom. The molecule has 1 unspecified atom stereocenters. The summed E-state index contributed by atoms with van der Waals surface area (Å²) in [6.07, 6.45) is 2.06. The van der Waals surface area contributed by atoms with Crippen molar-refractivity contribution in [2.45, 2.75) is 17.9 Å². The van der Waals surface area contributed by atoms with E-state index in [-0.39, 0.29) is 24.4 Å². The highest BCUT2D eigenvalue weighted by Crippen LogP contribution is 2.18. The quantitative estimate of drug-likeness (QED) is 0.841. The van der Waals surface area contributed by atoms with Crippen LogP contribution in [0.1, 0.15) is 18.5 Å². The monoisotopic (exact) mass is 330 g/mol. The summed E-state index contributed by atoms with van der Waals surface area (Å²) in [6.45, 7) is 5.59. The van der Waals surface area contributed by atoms with Crippen molar-refractivity contribution < 1.29 is 9.53 Å². The molecule has 118 valence electrons. The predicted octanol–water partition coefficient (Wildman–Crippen LogP) is 2.34. The Balaban J connectivity index is 0.00000220. The van der Waals surface area contributed by atoms with Crippen molar-refractivity contribution in [3.05, 3.63) is 29.8 Å². The molecule has 0 spiro atoms. The van der Waals surface area contributed by atoms with Crippen LogP contribution in [0.25, 0.3) is 0 Å². The smallest absolute Gasteiger partial charge is 0.234 e. The SMILES string of the molecule is CSc1ccc(C(C)NC(=O)CN2CCOCC2)cc1.Cl. The highest BCUT2D eigenvalue weighted by atomic mass is 35.5. The number of benzene rings is 1. The highest BCUT2D eigenvalue weighted by Gasteiger charge is 2.16. The van der Waals surface area contributed by atoms with E-state index < -0.39 is 0 Å². The topological polar surface area (TPSA) is 41.6 Å². The summed E-state index contributed by atoms with van der Waals surface area (Å²) in [4.78, 5) is 15.4. The molecule has 1 aromatic carbocycles. The van der Waals surface area contributed by atoms with Gasteiger partial charge in [-0.3, -0.25) is 9.69 Å². The lowest BCUT2D eigenvalue weighted by atomic mass is 10.1. The van der Waals surface area contributed by atoms with Crippen molar-refractivity contribution in [3.8, 4) is 0 Å². The van der Waals surface area contributed by atoms with E-state index in [0.29, 0.717) is 6.54 Å². The number of carbonyl (C=O) groups is 1. The van der Waals surface area contributed by atoms with Crippen molar-refractivity contribution >= 4 is 30.1 Å². The van der Waals surface area contributed by atoms with Crippen molar-refractivity contribution in [1.82, 2.24) is 10.2 Å². The molecule has 1 aliphatic rings. The van der Waals surface area contributed by atoms with Gasteiger partial charge in [0.05, 0.1) is 25.8 Å². The number of rotatable bonds is 5. The van der Waals surface area contributed by atoms with Crippen molar-refractivity contribution in [1.29, 1.82) is 0 Å². The maximum absolute atomic E-state index is 12.0. The first-order valence-electron chi connectivity index (χ1n) is 6.92. The second-order valence-corrected chi connectivity index (χ2v) is 5.83. The van der Waals surface area contributed by atoms with Gasteiger partial charge in [-0.05, 0) is 30.9 Å². The molecule has 21 heavy (non-hydrogen) atoms. The van der Waals surface area contributed by atoms with Crippen LogP contribution in [0.2, 0.25) is 0 Å². The number of carbonyl (C=O) groups excluding carboxylic acids is 1. The van der Waals surface area contributed by atoms with Crippen LogP contribution in [0, 0.1) is 0 Å². The third-order valence-electron chi connectivity index (χ3n) is 3.46. The second-order valence-electron chi connectivity index (χ2n) is 4.95. The fourth-order valence-electron chi connectivity index (χ4n) is 2.23. The molecule has 4 nitrogen and oxygen atoms in total. The Morgan fingerprint density at radius 2 is 1.95 bits per heavy atom. The first kappa shape index (κ1) is 18.3.